The first-order chi connectivity index (χ1) is 10.7. The molecule has 0 bridgehead atoms. The number of anilines is 2. The van der Waals surface area contributed by atoms with E-state index in [1.54, 1.807) is 0 Å². The van der Waals surface area contributed by atoms with Crippen LogP contribution >= 0.6 is 0 Å². The highest BCUT2D eigenvalue weighted by atomic mass is 16.3. The predicted octanol–water partition coefficient (Wildman–Crippen LogP) is 1.67. The van der Waals surface area contributed by atoms with Gasteiger partial charge in [-0.3, -0.25) is 5.32 Å². The van der Waals surface area contributed by atoms with Crippen LogP contribution in [0.1, 0.15) is 51.3 Å². The average molecular weight is 310 g/mol. The molecule has 0 aromatic carbocycles. The molecule has 2 amide bonds. The summed E-state index contributed by atoms with van der Waals surface area (Å²) in [5, 5.41) is 14.0. The number of nitrogens with two attached hydrogens (primary N) is 1. The first-order valence-corrected chi connectivity index (χ1v) is 7.81. The topological polar surface area (TPSA) is 126 Å². The molecule has 0 spiro atoms. The largest absolute Gasteiger partial charge is 0.395 e. The van der Waals surface area contributed by atoms with E-state index in [1.165, 1.54) is 25.7 Å². The number of aliphatic hydroxyl groups excluding tert-OH is 1. The van der Waals surface area contributed by atoms with E-state index in [1.807, 2.05) is 0 Å². The molecule has 1 heterocycles. The summed E-state index contributed by atoms with van der Waals surface area (Å²) in [4.78, 5) is 23.4. The van der Waals surface area contributed by atoms with E-state index < -0.39 is 6.03 Å². The molecule has 0 fully saturated rings. The fraction of sp³-hybridized carbons (Fsp3) is 0.714. The lowest BCUT2D eigenvalue weighted by molar-refractivity contribution is 0.259. The zero-order valence-corrected chi connectivity index (χ0v) is 13.1. The Kier molecular flexibility index (Phi) is 8.82. The molecule has 0 saturated heterocycles. The van der Waals surface area contributed by atoms with E-state index in [9.17, 15) is 4.79 Å². The number of nitrogens with zero attached hydrogens (tertiary/aromatic N) is 3. The van der Waals surface area contributed by atoms with Gasteiger partial charge in [-0.2, -0.15) is 15.0 Å². The summed E-state index contributed by atoms with van der Waals surface area (Å²) in [5.74, 6) is 1.06. The molecule has 0 unspecified atom stereocenters. The molecule has 0 aliphatic heterocycles. The number of amides is 2. The summed E-state index contributed by atoms with van der Waals surface area (Å²) in [6.45, 7) is 2.49. The van der Waals surface area contributed by atoms with Crippen molar-refractivity contribution in [3.05, 3.63) is 5.82 Å². The van der Waals surface area contributed by atoms with Gasteiger partial charge >= 0.3 is 6.03 Å². The van der Waals surface area contributed by atoms with Crippen LogP contribution < -0.4 is 16.4 Å². The fourth-order valence-corrected chi connectivity index (χ4v) is 2.01. The number of unbranched alkanes of at least 4 members (excludes halogenated alkanes) is 5. The van der Waals surface area contributed by atoms with Crippen molar-refractivity contribution in [1.82, 2.24) is 15.0 Å². The average Bonchev–Trinajstić information content (AvgIpc) is 2.48. The molecule has 1 rings (SSSR count). The number of aryl methyl sites for hydroxylation is 1. The Morgan fingerprint density at radius 3 is 2.45 bits per heavy atom. The molecule has 5 N–H and O–H groups in total. The lowest BCUT2D eigenvalue weighted by atomic mass is 10.1. The maximum atomic E-state index is 10.9. The van der Waals surface area contributed by atoms with Crippen LogP contribution in [0.15, 0.2) is 0 Å². The van der Waals surface area contributed by atoms with E-state index in [-0.39, 0.29) is 12.6 Å². The highest BCUT2D eigenvalue weighted by molar-refractivity contribution is 5.85. The molecule has 1 aromatic heterocycles. The number of primary amides is 1. The molecule has 124 valence electrons. The second-order valence-electron chi connectivity index (χ2n) is 5.06. The van der Waals surface area contributed by atoms with Crippen LogP contribution in [0.25, 0.3) is 0 Å². The molecule has 22 heavy (non-hydrogen) atoms. The molecule has 0 radical (unpaired) electrons. The summed E-state index contributed by atoms with van der Waals surface area (Å²) in [6.07, 6.45) is 7.80. The Bertz CT molecular complexity index is 455. The Balaban J connectivity index is 2.56. The quantitative estimate of drug-likeness (QED) is 0.461. The van der Waals surface area contributed by atoms with Crippen LogP contribution in [0, 0.1) is 0 Å². The van der Waals surface area contributed by atoms with Crippen molar-refractivity contribution in [2.24, 2.45) is 5.73 Å². The zero-order chi connectivity index (χ0) is 16.2. The second-order valence-corrected chi connectivity index (χ2v) is 5.06. The lowest BCUT2D eigenvalue weighted by Gasteiger charge is -2.08. The van der Waals surface area contributed by atoms with Crippen LogP contribution in [0.5, 0.6) is 0 Å². The third-order valence-corrected chi connectivity index (χ3v) is 3.07. The number of carbonyl (C=O) groups excluding carboxylic acids is 1. The van der Waals surface area contributed by atoms with Crippen molar-refractivity contribution in [1.29, 1.82) is 0 Å². The second kappa shape index (κ2) is 10.7. The van der Waals surface area contributed by atoms with E-state index in [0.717, 1.165) is 19.3 Å². The van der Waals surface area contributed by atoms with Gasteiger partial charge in [-0.1, -0.05) is 39.0 Å². The zero-order valence-electron chi connectivity index (χ0n) is 13.1. The van der Waals surface area contributed by atoms with Gasteiger partial charge < -0.3 is 16.2 Å². The molecule has 0 aliphatic carbocycles. The van der Waals surface area contributed by atoms with Gasteiger partial charge in [0.05, 0.1) is 6.61 Å². The van der Waals surface area contributed by atoms with Crippen molar-refractivity contribution in [2.45, 2.75) is 51.9 Å². The first-order valence-electron chi connectivity index (χ1n) is 7.81. The van der Waals surface area contributed by atoms with Crippen LogP contribution in [-0.4, -0.2) is 39.2 Å². The van der Waals surface area contributed by atoms with Gasteiger partial charge in [-0.25, -0.2) is 4.79 Å². The molecule has 8 nitrogen and oxygen atoms in total. The van der Waals surface area contributed by atoms with E-state index in [0.29, 0.717) is 18.3 Å². The van der Waals surface area contributed by atoms with Crippen molar-refractivity contribution in [3.63, 3.8) is 0 Å². The van der Waals surface area contributed by atoms with Crippen LogP contribution in [0.2, 0.25) is 0 Å². The van der Waals surface area contributed by atoms with Crippen molar-refractivity contribution in [3.8, 4) is 0 Å². The number of rotatable bonds is 11. The molecule has 1 aromatic rings. The minimum absolute atomic E-state index is 0.0307. The van der Waals surface area contributed by atoms with Gasteiger partial charge in [-0.05, 0) is 6.42 Å². The fourth-order valence-electron chi connectivity index (χ4n) is 2.01. The summed E-state index contributed by atoms with van der Waals surface area (Å²) in [5.41, 5.74) is 5.08. The normalized spacial score (nSPS) is 10.5. The standard InChI is InChI=1S/C14H26N6O2/c1-2-3-4-5-6-7-8-11-17-13(16-9-10-21)20-14(18-11)19-12(15)22/h21H,2-10H2,1H3,(H4,15,16,17,18,19,20,22). The smallest absolute Gasteiger partial charge is 0.319 e. The lowest BCUT2D eigenvalue weighted by Crippen LogP contribution is -2.22. The number of carbonyl (C=O) groups is 1. The molecule has 8 heteroatoms. The van der Waals surface area contributed by atoms with Crippen LogP contribution in [0.3, 0.4) is 0 Å². The van der Waals surface area contributed by atoms with Gasteiger partial charge in [-0.15, -0.1) is 0 Å². The summed E-state index contributed by atoms with van der Waals surface area (Å²) < 4.78 is 0. The van der Waals surface area contributed by atoms with Gasteiger partial charge in [0, 0.05) is 13.0 Å². The Labute approximate surface area is 131 Å². The highest BCUT2D eigenvalue weighted by Crippen LogP contribution is 2.10. The maximum absolute atomic E-state index is 10.9. The number of aliphatic hydroxyl groups is 1. The third kappa shape index (κ3) is 7.72. The Morgan fingerprint density at radius 2 is 1.77 bits per heavy atom. The van der Waals surface area contributed by atoms with Gasteiger partial charge in [0.15, 0.2) is 0 Å². The number of nitrogens with one attached hydrogen (secondary N) is 2. The molecule has 0 saturated carbocycles. The summed E-state index contributed by atoms with van der Waals surface area (Å²) in [6, 6.07) is -0.718. The van der Waals surface area contributed by atoms with Gasteiger partial charge in [0.2, 0.25) is 11.9 Å². The van der Waals surface area contributed by atoms with Gasteiger partial charge in [0.1, 0.15) is 5.82 Å². The summed E-state index contributed by atoms with van der Waals surface area (Å²) in [7, 11) is 0. The van der Waals surface area contributed by atoms with Crippen molar-refractivity contribution in [2.75, 3.05) is 23.8 Å². The third-order valence-electron chi connectivity index (χ3n) is 3.07. The van der Waals surface area contributed by atoms with Gasteiger partial charge in [0.25, 0.3) is 0 Å². The molecule has 0 atom stereocenters. The molecule has 0 aliphatic rings. The predicted molar refractivity (Wildman–Crippen MR) is 85.7 cm³/mol. The summed E-state index contributed by atoms with van der Waals surface area (Å²) >= 11 is 0. The Morgan fingerprint density at radius 1 is 1.09 bits per heavy atom. The number of urea groups is 1. The monoisotopic (exact) mass is 310 g/mol. The SMILES string of the molecule is CCCCCCCCc1nc(NCCO)nc(NC(N)=O)n1. The molecular weight excluding hydrogens is 284 g/mol. The minimum Gasteiger partial charge on any atom is -0.395 e. The number of hydrogen-bond acceptors (Lipinski definition) is 6. The number of aromatic nitrogens is 3. The highest BCUT2D eigenvalue weighted by Gasteiger charge is 2.07. The van der Waals surface area contributed by atoms with E-state index in [4.69, 9.17) is 10.8 Å². The first kappa shape index (κ1) is 18.1. The van der Waals surface area contributed by atoms with Crippen LogP contribution in [-0.2, 0) is 6.42 Å². The maximum Gasteiger partial charge on any atom is 0.319 e. The molecular formula is C14H26N6O2. The van der Waals surface area contributed by atoms with Crippen LogP contribution in [0.4, 0.5) is 16.7 Å². The van der Waals surface area contributed by atoms with Crippen molar-refractivity contribution < 1.29 is 9.90 Å². The van der Waals surface area contributed by atoms with E-state index in [2.05, 4.69) is 32.5 Å². The Hall–Kier alpha value is -1.96. The number of hydrogen-bond donors (Lipinski definition) is 4. The van der Waals surface area contributed by atoms with Crippen molar-refractivity contribution >= 4 is 17.9 Å². The van der Waals surface area contributed by atoms with E-state index >= 15 is 0 Å². The minimum atomic E-state index is -0.718.